The van der Waals surface area contributed by atoms with Crippen molar-refractivity contribution in [2.24, 2.45) is 5.92 Å². The van der Waals surface area contributed by atoms with Gasteiger partial charge >= 0.3 is 0 Å². The van der Waals surface area contributed by atoms with Crippen molar-refractivity contribution < 1.29 is 4.39 Å². The Hall–Kier alpha value is -1.39. The molecule has 1 saturated carbocycles. The van der Waals surface area contributed by atoms with Gasteiger partial charge in [-0.05, 0) is 25.2 Å². The Bertz CT molecular complexity index is 410. The molecule has 2 N–H and O–H groups in total. The maximum atomic E-state index is 13.8. The molecule has 4 nitrogen and oxygen atoms in total. The standard InChI is InChI=1S/C14H23FN4/c1-3-8-16-14-17-9-11(15)13(19-14)18-12-7-5-4-6-10(12)2/h9-10,12H,3-8H2,1-2H3,(H2,16,17,18,19). The van der Waals surface area contributed by atoms with Crippen LogP contribution in [0.25, 0.3) is 0 Å². The lowest BCUT2D eigenvalue weighted by Gasteiger charge is -2.30. The minimum atomic E-state index is -0.375. The van der Waals surface area contributed by atoms with E-state index in [1.54, 1.807) is 0 Å². The van der Waals surface area contributed by atoms with E-state index in [2.05, 4.69) is 34.4 Å². The zero-order valence-corrected chi connectivity index (χ0v) is 11.7. The van der Waals surface area contributed by atoms with Crippen LogP contribution in [0.3, 0.4) is 0 Å². The minimum absolute atomic E-state index is 0.317. The third-order valence-electron chi connectivity index (χ3n) is 3.71. The van der Waals surface area contributed by atoms with E-state index in [0.29, 0.717) is 23.7 Å². The quantitative estimate of drug-likeness (QED) is 0.857. The van der Waals surface area contributed by atoms with Gasteiger partial charge in [-0.1, -0.05) is 26.7 Å². The molecule has 19 heavy (non-hydrogen) atoms. The fraction of sp³-hybridized carbons (Fsp3) is 0.714. The average molecular weight is 266 g/mol. The highest BCUT2D eigenvalue weighted by molar-refractivity contribution is 5.42. The number of hydrogen-bond acceptors (Lipinski definition) is 4. The molecule has 0 aromatic carbocycles. The largest absolute Gasteiger partial charge is 0.364 e. The molecule has 1 aliphatic rings. The zero-order valence-electron chi connectivity index (χ0n) is 11.7. The fourth-order valence-electron chi connectivity index (χ4n) is 2.50. The SMILES string of the molecule is CCCNc1ncc(F)c(NC2CCCCC2C)n1. The van der Waals surface area contributed by atoms with Crippen molar-refractivity contribution in [1.82, 2.24) is 9.97 Å². The third kappa shape index (κ3) is 3.78. The van der Waals surface area contributed by atoms with Gasteiger partial charge in [-0.25, -0.2) is 9.37 Å². The van der Waals surface area contributed by atoms with Gasteiger partial charge in [-0.3, -0.25) is 0 Å². The van der Waals surface area contributed by atoms with Crippen LogP contribution in [0.2, 0.25) is 0 Å². The van der Waals surface area contributed by atoms with E-state index in [1.807, 2.05) is 0 Å². The van der Waals surface area contributed by atoms with Crippen molar-refractivity contribution in [2.75, 3.05) is 17.2 Å². The van der Waals surface area contributed by atoms with Gasteiger partial charge < -0.3 is 10.6 Å². The van der Waals surface area contributed by atoms with Gasteiger partial charge in [-0.15, -0.1) is 0 Å². The second-order valence-corrected chi connectivity index (χ2v) is 5.33. The first kappa shape index (κ1) is 14.0. The molecular formula is C14H23FN4. The summed E-state index contributed by atoms with van der Waals surface area (Å²) in [6.45, 7) is 5.08. The lowest BCUT2D eigenvalue weighted by molar-refractivity contribution is 0.348. The topological polar surface area (TPSA) is 49.8 Å². The van der Waals surface area contributed by atoms with E-state index in [4.69, 9.17) is 0 Å². The Balaban J connectivity index is 2.05. The van der Waals surface area contributed by atoms with Crippen LogP contribution in [-0.4, -0.2) is 22.6 Å². The molecule has 0 radical (unpaired) electrons. The molecule has 1 aliphatic carbocycles. The minimum Gasteiger partial charge on any atom is -0.364 e. The molecule has 1 fully saturated rings. The summed E-state index contributed by atoms with van der Waals surface area (Å²) in [4.78, 5) is 8.18. The van der Waals surface area contributed by atoms with Gasteiger partial charge in [0.05, 0.1) is 6.20 Å². The predicted octanol–water partition coefficient (Wildman–Crippen LogP) is 3.43. The van der Waals surface area contributed by atoms with E-state index >= 15 is 0 Å². The lowest BCUT2D eigenvalue weighted by Crippen LogP contribution is -2.31. The number of nitrogens with zero attached hydrogens (tertiary/aromatic N) is 2. The molecule has 0 saturated heterocycles. The number of hydrogen-bond donors (Lipinski definition) is 2. The monoisotopic (exact) mass is 266 g/mol. The van der Waals surface area contributed by atoms with Gasteiger partial charge in [-0.2, -0.15) is 4.98 Å². The molecule has 2 atom stereocenters. The van der Waals surface area contributed by atoms with Crippen LogP contribution >= 0.6 is 0 Å². The van der Waals surface area contributed by atoms with Crippen LogP contribution in [0.1, 0.15) is 46.0 Å². The number of nitrogens with one attached hydrogen (secondary N) is 2. The molecule has 1 aromatic heterocycles. The highest BCUT2D eigenvalue weighted by Gasteiger charge is 2.22. The predicted molar refractivity (Wildman–Crippen MR) is 75.8 cm³/mol. The normalized spacial score (nSPS) is 23.1. The number of rotatable bonds is 5. The summed E-state index contributed by atoms with van der Waals surface area (Å²) in [6.07, 6.45) is 6.99. The molecule has 0 amide bonds. The van der Waals surface area contributed by atoms with E-state index in [9.17, 15) is 4.39 Å². The summed E-state index contributed by atoms with van der Waals surface area (Å²) < 4.78 is 13.8. The maximum absolute atomic E-state index is 13.8. The van der Waals surface area contributed by atoms with Crippen molar-refractivity contribution in [3.63, 3.8) is 0 Å². The van der Waals surface area contributed by atoms with Crippen molar-refractivity contribution in [2.45, 2.75) is 52.0 Å². The number of halogens is 1. The third-order valence-corrected chi connectivity index (χ3v) is 3.71. The molecule has 2 unspecified atom stereocenters. The lowest BCUT2D eigenvalue weighted by atomic mass is 9.86. The van der Waals surface area contributed by atoms with Crippen LogP contribution < -0.4 is 10.6 Å². The molecule has 1 aromatic rings. The molecule has 106 valence electrons. The summed E-state index contributed by atoms with van der Waals surface area (Å²) in [5.74, 6) is 1.01. The average Bonchev–Trinajstić information content (AvgIpc) is 2.42. The highest BCUT2D eigenvalue weighted by atomic mass is 19.1. The van der Waals surface area contributed by atoms with Crippen LogP contribution in [0, 0.1) is 11.7 Å². The van der Waals surface area contributed by atoms with Crippen molar-refractivity contribution in [3.8, 4) is 0 Å². The Morgan fingerprint density at radius 3 is 2.89 bits per heavy atom. The van der Waals surface area contributed by atoms with Crippen LogP contribution in [0.15, 0.2) is 6.20 Å². The van der Waals surface area contributed by atoms with Crippen LogP contribution in [0.4, 0.5) is 16.2 Å². The van der Waals surface area contributed by atoms with E-state index in [-0.39, 0.29) is 5.82 Å². The van der Waals surface area contributed by atoms with Crippen LogP contribution in [-0.2, 0) is 0 Å². The molecular weight excluding hydrogens is 243 g/mol. The fourth-order valence-corrected chi connectivity index (χ4v) is 2.50. The number of aromatic nitrogens is 2. The van der Waals surface area contributed by atoms with E-state index in [0.717, 1.165) is 19.4 Å². The summed E-state index contributed by atoms with van der Waals surface area (Å²) >= 11 is 0. The molecule has 5 heteroatoms. The van der Waals surface area contributed by atoms with Crippen molar-refractivity contribution in [3.05, 3.63) is 12.0 Å². The second kappa shape index (κ2) is 6.68. The Morgan fingerprint density at radius 1 is 1.37 bits per heavy atom. The van der Waals surface area contributed by atoms with Crippen molar-refractivity contribution >= 4 is 11.8 Å². The summed E-state index contributed by atoms with van der Waals surface area (Å²) in [7, 11) is 0. The first-order chi connectivity index (χ1) is 9.20. The van der Waals surface area contributed by atoms with Crippen LogP contribution in [0.5, 0.6) is 0 Å². The van der Waals surface area contributed by atoms with E-state index < -0.39 is 0 Å². The smallest absolute Gasteiger partial charge is 0.224 e. The summed E-state index contributed by atoms with van der Waals surface area (Å²) in [5.41, 5.74) is 0. The molecule has 1 heterocycles. The first-order valence-electron chi connectivity index (χ1n) is 7.23. The van der Waals surface area contributed by atoms with Gasteiger partial charge in [0, 0.05) is 12.6 Å². The number of anilines is 2. The molecule has 0 aliphatic heterocycles. The first-order valence-corrected chi connectivity index (χ1v) is 7.23. The van der Waals surface area contributed by atoms with Crippen molar-refractivity contribution in [1.29, 1.82) is 0 Å². The zero-order chi connectivity index (χ0) is 13.7. The summed E-state index contributed by atoms with van der Waals surface area (Å²) in [6, 6.07) is 0.317. The van der Waals surface area contributed by atoms with Gasteiger partial charge in [0.25, 0.3) is 0 Å². The summed E-state index contributed by atoms with van der Waals surface area (Å²) in [5, 5.41) is 6.33. The Morgan fingerprint density at radius 2 is 2.16 bits per heavy atom. The van der Waals surface area contributed by atoms with Gasteiger partial charge in [0.1, 0.15) is 0 Å². The second-order valence-electron chi connectivity index (χ2n) is 5.33. The molecule has 2 rings (SSSR count). The Labute approximate surface area is 114 Å². The van der Waals surface area contributed by atoms with Gasteiger partial charge in [0.15, 0.2) is 11.6 Å². The van der Waals surface area contributed by atoms with Gasteiger partial charge in [0.2, 0.25) is 5.95 Å². The maximum Gasteiger partial charge on any atom is 0.224 e. The molecule has 0 spiro atoms. The highest BCUT2D eigenvalue weighted by Crippen LogP contribution is 2.27. The Kier molecular flexibility index (Phi) is 4.93. The van der Waals surface area contributed by atoms with E-state index in [1.165, 1.54) is 25.5 Å². The molecule has 0 bridgehead atoms.